The van der Waals surface area contributed by atoms with Crippen LogP contribution in [0, 0.1) is 0 Å². The molecule has 0 aromatic heterocycles. The summed E-state index contributed by atoms with van der Waals surface area (Å²) in [6.45, 7) is 0.260. The maximum absolute atomic E-state index is 12.0. The molecule has 1 N–H and O–H groups in total. The lowest BCUT2D eigenvalue weighted by Crippen LogP contribution is -2.42. The number of carbonyl (C=O) groups is 2. The van der Waals surface area contributed by atoms with Gasteiger partial charge in [-0.25, -0.2) is 0 Å². The van der Waals surface area contributed by atoms with Crippen LogP contribution in [-0.2, 0) is 16.1 Å². The van der Waals surface area contributed by atoms with Gasteiger partial charge in [0.25, 0.3) is 0 Å². The number of halogens is 2. The van der Waals surface area contributed by atoms with Gasteiger partial charge in [0.1, 0.15) is 6.04 Å². The molecule has 6 heteroatoms. The Balaban J connectivity index is 1.99. The van der Waals surface area contributed by atoms with Gasteiger partial charge in [-0.3, -0.25) is 9.59 Å². The zero-order chi connectivity index (χ0) is 14.0. The summed E-state index contributed by atoms with van der Waals surface area (Å²) in [5.41, 5.74) is 0.686. The van der Waals surface area contributed by atoms with Crippen molar-refractivity contribution in [2.75, 3.05) is 7.05 Å². The van der Waals surface area contributed by atoms with Crippen LogP contribution in [0.5, 0.6) is 0 Å². The highest BCUT2D eigenvalue weighted by atomic mass is 35.5. The summed E-state index contributed by atoms with van der Waals surface area (Å²) in [5, 5.41) is 3.81. The number of rotatable bonds is 3. The Morgan fingerprint density at radius 3 is 2.58 bits per heavy atom. The second-order valence-corrected chi connectivity index (χ2v) is 5.29. The van der Waals surface area contributed by atoms with Gasteiger partial charge in [0.15, 0.2) is 0 Å². The lowest BCUT2D eigenvalue weighted by molar-refractivity contribution is -0.133. The van der Waals surface area contributed by atoms with Crippen molar-refractivity contribution in [3.8, 4) is 0 Å². The van der Waals surface area contributed by atoms with Gasteiger partial charge in [0.2, 0.25) is 11.8 Å². The van der Waals surface area contributed by atoms with Crippen molar-refractivity contribution in [2.45, 2.75) is 25.4 Å². The van der Waals surface area contributed by atoms with Crippen LogP contribution in [0.3, 0.4) is 0 Å². The van der Waals surface area contributed by atoms with Crippen molar-refractivity contribution >= 4 is 35.0 Å². The number of hydrogen-bond acceptors (Lipinski definition) is 2. The van der Waals surface area contributed by atoms with E-state index in [0.29, 0.717) is 28.5 Å². The van der Waals surface area contributed by atoms with E-state index >= 15 is 0 Å². The molecule has 0 saturated carbocycles. The molecule has 1 saturated heterocycles. The predicted molar refractivity (Wildman–Crippen MR) is 74.1 cm³/mol. The molecular weight excluding hydrogens is 287 g/mol. The summed E-state index contributed by atoms with van der Waals surface area (Å²) in [4.78, 5) is 24.9. The van der Waals surface area contributed by atoms with Gasteiger partial charge >= 0.3 is 0 Å². The third-order valence-electron chi connectivity index (χ3n) is 3.30. The maximum Gasteiger partial charge on any atom is 0.243 e. The first-order chi connectivity index (χ1) is 9.00. The van der Waals surface area contributed by atoms with Gasteiger partial charge < -0.3 is 10.2 Å². The molecule has 1 atom stereocenters. The number of amides is 2. The van der Waals surface area contributed by atoms with Crippen molar-refractivity contribution < 1.29 is 9.59 Å². The van der Waals surface area contributed by atoms with Gasteiger partial charge in [-0.1, -0.05) is 29.3 Å². The highest BCUT2D eigenvalue weighted by Gasteiger charge is 2.32. The fourth-order valence-electron chi connectivity index (χ4n) is 2.11. The zero-order valence-electron chi connectivity index (χ0n) is 10.5. The summed E-state index contributed by atoms with van der Waals surface area (Å²) in [5.74, 6) is -0.180. The molecule has 1 aromatic rings. The topological polar surface area (TPSA) is 49.4 Å². The second-order valence-electron chi connectivity index (χ2n) is 4.48. The van der Waals surface area contributed by atoms with Crippen LogP contribution in [-0.4, -0.2) is 29.8 Å². The minimum Gasteiger partial charge on any atom is -0.350 e. The van der Waals surface area contributed by atoms with E-state index in [1.165, 1.54) is 4.90 Å². The molecule has 0 spiro atoms. The monoisotopic (exact) mass is 300 g/mol. The Morgan fingerprint density at radius 1 is 1.42 bits per heavy atom. The first kappa shape index (κ1) is 14.2. The molecule has 1 aromatic carbocycles. The van der Waals surface area contributed by atoms with Crippen LogP contribution in [0.1, 0.15) is 18.4 Å². The van der Waals surface area contributed by atoms with Crippen molar-refractivity contribution in [1.82, 2.24) is 10.2 Å². The Labute approximate surface area is 121 Å². The smallest absolute Gasteiger partial charge is 0.243 e. The van der Waals surface area contributed by atoms with Gasteiger partial charge in [-0.05, 0) is 18.6 Å². The Morgan fingerprint density at radius 2 is 2.05 bits per heavy atom. The number of nitrogens with zero attached hydrogens (tertiary/aromatic N) is 1. The zero-order valence-corrected chi connectivity index (χ0v) is 12.0. The first-order valence-corrected chi connectivity index (χ1v) is 6.72. The predicted octanol–water partition coefficient (Wildman–Crippen LogP) is 2.23. The summed E-state index contributed by atoms with van der Waals surface area (Å²) in [6.07, 6.45) is 0.971. The van der Waals surface area contributed by atoms with Crippen LogP contribution in [0.4, 0.5) is 0 Å². The van der Waals surface area contributed by atoms with E-state index in [1.54, 1.807) is 25.2 Å². The second kappa shape index (κ2) is 5.80. The van der Waals surface area contributed by atoms with Gasteiger partial charge in [0, 0.05) is 35.6 Å². The van der Waals surface area contributed by atoms with E-state index in [0.717, 1.165) is 0 Å². The summed E-state index contributed by atoms with van der Waals surface area (Å²) < 4.78 is 0. The number of hydrogen-bond donors (Lipinski definition) is 1. The van der Waals surface area contributed by atoms with Gasteiger partial charge in [-0.2, -0.15) is 0 Å². The SMILES string of the molecule is CN1C(=O)CC[C@@H]1C(=O)NCc1c(Cl)cccc1Cl. The van der Waals surface area contributed by atoms with Crippen LogP contribution in [0.15, 0.2) is 18.2 Å². The number of likely N-dealkylation sites (N-methyl/N-ethyl adjacent to an activating group) is 1. The van der Waals surface area contributed by atoms with Crippen molar-refractivity contribution in [1.29, 1.82) is 0 Å². The fourth-order valence-corrected chi connectivity index (χ4v) is 2.64. The average molecular weight is 301 g/mol. The molecule has 0 radical (unpaired) electrons. The third kappa shape index (κ3) is 3.01. The lowest BCUT2D eigenvalue weighted by Gasteiger charge is -2.19. The Bertz CT molecular complexity index is 499. The average Bonchev–Trinajstić information content (AvgIpc) is 2.69. The largest absolute Gasteiger partial charge is 0.350 e. The van der Waals surface area contributed by atoms with Crippen LogP contribution in [0.25, 0.3) is 0 Å². The molecule has 1 aliphatic heterocycles. The van der Waals surface area contributed by atoms with Crippen LogP contribution >= 0.6 is 23.2 Å². The number of benzene rings is 1. The Hall–Kier alpha value is -1.26. The minimum absolute atomic E-state index is 0.00377. The maximum atomic E-state index is 12.0. The van der Waals surface area contributed by atoms with E-state index in [2.05, 4.69) is 5.32 Å². The molecule has 2 amide bonds. The summed E-state index contributed by atoms with van der Waals surface area (Å²) >= 11 is 12.0. The molecule has 19 heavy (non-hydrogen) atoms. The highest BCUT2D eigenvalue weighted by Crippen LogP contribution is 2.24. The first-order valence-electron chi connectivity index (χ1n) is 5.97. The van der Waals surface area contributed by atoms with E-state index in [-0.39, 0.29) is 18.4 Å². The van der Waals surface area contributed by atoms with E-state index < -0.39 is 6.04 Å². The van der Waals surface area contributed by atoms with Crippen LogP contribution in [0.2, 0.25) is 10.0 Å². The lowest BCUT2D eigenvalue weighted by atomic mass is 10.2. The molecule has 1 fully saturated rings. The molecule has 102 valence electrons. The van der Waals surface area contributed by atoms with Crippen molar-refractivity contribution in [3.05, 3.63) is 33.8 Å². The molecule has 1 heterocycles. The number of likely N-dealkylation sites (tertiary alicyclic amines) is 1. The van der Waals surface area contributed by atoms with Gasteiger partial charge in [-0.15, -0.1) is 0 Å². The third-order valence-corrected chi connectivity index (χ3v) is 4.00. The molecule has 1 aliphatic rings. The highest BCUT2D eigenvalue weighted by molar-refractivity contribution is 6.36. The molecule has 2 rings (SSSR count). The van der Waals surface area contributed by atoms with E-state index in [4.69, 9.17) is 23.2 Å². The molecular formula is C13H14Cl2N2O2. The molecule has 0 aliphatic carbocycles. The molecule has 0 unspecified atom stereocenters. The van der Waals surface area contributed by atoms with E-state index in [1.807, 2.05) is 0 Å². The normalized spacial score (nSPS) is 18.8. The molecule has 0 bridgehead atoms. The van der Waals surface area contributed by atoms with Crippen LogP contribution < -0.4 is 5.32 Å². The quantitative estimate of drug-likeness (QED) is 0.930. The summed E-state index contributed by atoms with van der Waals surface area (Å²) in [7, 11) is 1.64. The molecule has 4 nitrogen and oxygen atoms in total. The van der Waals surface area contributed by atoms with E-state index in [9.17, 15) is 9.59 Å². The van der Waals surface area contributed by atoms with Gasteiger partial charge in [0.05, 0.1) is 0 Å². The van der Waals surface area contributed by atoms with Crippen molar-refractivity contribution in [3.63, 3.8) is 0 Å². The number of nitrogens with one attached hydrogen (secondary N) is 1. The number of carbonyl (C=O) groups excluding carboxylic acids is 2. The van der Waals surface area contributed by atoms with Crippen molar-refractivity contribution in [2.24, 2.45) is 0 Å². The minimum atomic E-state index is -0.395. The summed E-state index contributed by atoms with van der Waals surface area (Å²) in [6, 6.07) is 4.80. The Kier molecular flexibility index (Phi) is 4.32. The fraction of sp³-hybridized carbons (Fsp3) is 0.385. The standard InChI is InChI=1S/C13H14Cl2N2O2/c1-17-11(5-6-12(17)18)13(19)16-7-8-9(14)3-2-4-10(8)15/h2-4,11H,5-7H2,1H3,(H,16,19)/t11-/m1/s1.